The summed E-state index contributed by atoms with van der Waals surface area (Å²) in [7, 11) is 0. The summed E-state index contributed by atoms with van der Waals surface area (Å²) in [6.45, 7) is 5.50. The molecule has 16 heteroatoms. The normalized spacial score (nSPS) is 16.1. The molecule has 0 spiro atoms. The largest absolute Gasteiger partial charge is 0.508 e. The van der Waals surface area contributed by atoms with Gasteiger partial charge in [0.15, 0.2) is 5.75 Å². The summed E-state index contributed by atoms with van der Waals surface area (Å²) in [4.78, 5) is 34.9. The lowest BCUT2D eigenvalue weighted by molar-refractivity contribution is -0.144. The first-order valence-electron chi connectivity index (χ1n) is 15.6. The molecular formula is C33H36F6N4O6. The molecule has 1 amide bonds. The molecular weight excluding hydrogens is 662 g/mol. The van der Waals surface area contributed by atoms with E-state index in [0.29, 0.717) is 36.2 Å². The molecule has 0 saturated carbocycles. The number of esters is 1. The van der Waals surface area contributed by atoms with Crippen molar-refractivity contribution in [3.8, 4) is 11.5 Å². The molecule has 266 valence electrons. The number of nitrogens with one attached hydrogen (secondary N) is 1. The minimum absolute atomic E-state index is 0.0120. The number of phenols is 1. The first-order chi connectivity index (χ1) is 23.1. The number of amides is 1. The fourth-order valence-corrected chi connectivity index (χ4v) is 5.49. The van der Waals surface area contributed by atoms with Gasteiger partial charge in [0, 0.05) is 24.4 Å². The molecule has 2 N–H and O–H groups in total. The first-order valence-corrected chi connectivity index (χ1v) is 15.6. The van der Waals surface area contributed by atoms with Gasteiger partial charge in [0.1, 0.15) is 5.75 Å². The van der Waals surface area contributed by atoms with Gasteiger partial charge >= 0.3 is 24.4 Å². The molecule has 0 saturated heterocycles. The summed E-state index contributed by atoms with van der Waals surface area (Å²) in [5.74, 6) is -0.586. The van der Waals surface area contributed by atoms with Crippen molar-refractivity contribution in [3.63, 3.8) is 0 Å². The number of anilines is 2. The van der Waals surface area contributed by atoms with Crippen molar-refractivity contribution < 1.29 is 55.2 Å². The zero-order valence-electron chi connectivity index (χ0n) is 27.0. The molecule has 0 aliphatic carbocycles. The van der Waals surface area contributed by atoms with E-state index < -0.39 is 48.0 Å². The Bertz CT molecular complexity index is 1600. The van der Waals surface area contributed by atoms with Gasteiger partial charge in [-0.1, -0.05) is 6.92 Å². The Hall–Kier alpha value is -4.76. The molecule has 49 heavy (non-hydrogen) atoms. The number of carbonyl (C=O) groups excluding carboxylic acids is 2. The number of hydrogen-bond donors (Lipinski definition) is 2. The predicted molar refractivity (Wildman–Crippen MR) is 165 cm³/mol. The maximum atomic E-state index is 13.6. The van der Waals surface area contributed by atoms with Crippen LogP contribution in [0.5, 0.6) is 11.5 Å². The van der Waals surface area contributed by atoms with E-state index in [4.69, 9.17) is 14.2 Å². The summed E-state index contributed by atoms with van der Waals surface area (Å²) in [5.41, 5.74) is -2.32. The lowest BCUT2D eigenvalue weighted by atomic mass is 9.90. The van der Waals surface area contributed by atoms with Crippen LogP contribution in [0.1, 0.15) is 80.4 Å². The number of alkyl halides is 6. The third kappa shape index (κ3) is 9.44. The molecule has 2 aromatic carbocycles. The minimum atomic E-state index is -5.05. The van der Waals surface area contributed by atoms with Crippen LogP contribution in [0.15, 0.2) is 42.6 Å². The van der Waals surface area contributed by atoms with Gasteiger partial charge in [-0.3, -0.25) is 9.69 Å². The van der Waals surface area contributed by atoms with E-state index in [1.807, 2.05) is 6.92 Å². The Morgan fingerprint density at radius 2 is 1.65 bits per heavy atom. The van der Waals surface area contributed by atoms with Crippen molar-refractivity contribution in [1.82, 2.24) is 9.97 Å². The number of aromatic nitrogens is 2. The van der Waals surface area contributed by atoms with Crippen LogP contribution in [0, 0.1) is 0 Å². The van der Waals surface area contributed by atoms with Gasteiger partial charge in [0.05, 0.1) is 54.6 Å². The molecule has 0 bridgehead atoms. The standard InChI is InChI=1S/C33H36F6N4O6/c1-4-22-16-25(24-17-23(44)9-10-27(24)43(22)31(46)48-6-3)41-30-40-18-28(49-11-7-8-29(45)47-5-2)26(42-30)14-19-12-20(32(34,35)36)15-21(13-19)33(37,38)39/h9-10,12-13,15,17-18,22,25,44H,4-8,11,14,16H2,1-3H3,(H,40,41,42)/t22-,25+/m1/s1. The highest BCUT2D eigenvalue weighted by Crippen LogP contribution is 2.42. The topological polar surface area (TPSA) is 123 Å². The monoisotopic (exact) mass is 698 g/mol. The molecule has 0 unspecified atom stereocenters. The molecule has 10 nitrogen and oxygen atoms in total. The number of benzene rings is 2. The number of ether oxygens (including phenoxy) is 3. The number of aromatic hydroxyl groups is 1. The zero-order valence-corrected chi connectivity index (χ0v) is 27.0. The lowest BCUT2D eigenvalue weighted by Gasteiger charge is -2.40. The molecule has 1 aromatic heterocycles. The average Bonchev–Trinajstić information content (AvgIpc) is 3.03. The molecule has 2 heterocycles. The van der Waals surface area contributed by atoms with Crippen molar-refractivity contribution in [3.05, 3.63) is 70.5 Å². The number of fused-ring (bicyclic) bond motifs is 1. The minimum Gasteiger partial charge on any atom is -0.508 e. The van der Waals surface area contributed by atoms with Crippen molar-refractivity contribution >= 4 is 23.7 Å². The Morgan fingerprint density at radius 1 is 0.980 bits per heavy atom. The number of rotatable bonds is 12. The van der Waals surface area contributed by atoms with Crippen molar-refractivity contribution in [2.45, 2.75) is 77.3 Å². The molecule has 1 aliphatic rings. The molecule has 1 aliphatic heterocycles. The quantitative estimate of drug-likeness (QED) is 0.111. The van der Waals surface area contributed by atoms with Crippen LogP contribution in [0.25, 0.3) is 0 Å². The predicted octanol–water partition coefficient (Wildman–Crippen LogP) is 7.83. The fraction of sp³-hybridized carbons (Fsp3) is 0.455. The first kappa shape index (κ1) is 37.1. The van der Waals surface area contributed by atoms with Gasteiger partial charge in [-0.05, 0) is 75.1 Å². The summed E-state index contributed by atoms with van der Waals surface area (Å²) in [5, 5.41) is 13.4. The van der Waals surface area contributed by atoms with Crippen molar-refractivity contribution in [2.75, 3.05) is 30.0 Å². The molecule has 4 rings (SSSR count). The van der Waals surface area contributed by atoms with E-state index in [1.54, 1.807) is 19.9 Å². The van der Waals surface area contributed by atoms with E-state index in [2.05, 4.69) is 15.3 Å². The summed E-state index contributed by atoms with van der Waals surface area (Å²) in [6.07, 6.45) is -8.85. The SMILES string of the molecule is CCOC(=O)CCCOc1cnc(N[C@H]2C[C@@H](CC)N(C(=O)OCC)c3ccc(O)cc32)nc1Cc1cc(C(F)(F)F)cc(C(F)(F)F)c1. The third-order valence-electron chi connectivity index (χ3n) is 7.69. The summed E-state index contributed by atoms with van der Waals surface area (Å²) in [6, 6.07) is 4.82. The molecule has 0 radical (unpaired) electrons. The number of nitrogens with zero attached hydrogens (tertiary/aromatic N) is 3. The Balaban J connectivity index is 1.71. The van der Waals surface area contributed by atoms with Crippen LogP contribution < -0.4 is 15.0 Å². The number of carbonyl (C=O) groups is 2. The van der Waals surface area contributed by atoms with Crippen molar-refractivity contribution in [2.24, 2.45) is 0 Å². The van der Waals surface area contributed by atoms with Gasteiger partial charge < -0.3 is 24.6 Å². The second-order valence-electron chi connectivity index (χ2n) is 11.2. The fourth-order valence-electron chi connectivity index (χ4n) is 5.49. The Kier molecular flexibility index (Phi) is 11.8. The highest BCUT2D eigenvalue weighted by molar-refractivity contribution is 5.90. The molecule has 0 fully saturated rings. The molecule has 3 aromatic rings. The second-order valence-corrected chi connectivity index (χ2v) is 11.2. The smallest absolute Gasteiger partial charge is 0.416 e. The number of hydrogen-bond acceptors (Lipinski definition) is 9. The maximum Gasteiger partial charge on any atom is 0.416 e. The summed E-state index contributed by atoms with van der Waals surface area (Å²) < 4.78 is 97.6. The van der Waals surface area contributed by atoms with Crippen LogP contribution in [0.4, 0.5) is 42.8 Å². The van der Waals surface area contributed by atoms with Crippen LogP contribution in [-0.2, 0) is 33.0 Å². The average molecular weight is 699 g/mol. The maximum absolute atomic E-state index is 13.6. The van der Waals surface area contributed by atoms with Gasteiger partial charge in [-0.2, -0.15) is 26.3 Å². The van der Waals surface area contributed by atoms with Gasteiger partial charge in [-0.15, -0.1) is 0 Å². The van der Waals surface area contributed by atoms with Crippen LogP contribution >= 0.6 is 0 Å². The van der Waals surface area contributed by atoms with Crippen LogP contribution in [0.3, 0.4) is 0 Å². The van der Waals surface area contributed by atoms with E-state index in [-0.39, 0.29) is 73.5 Å². The summed E-state index contributed by atoms with van der Waals surface area (Å²) >= 11 is 0. The van der Waals surface area contributed by atoms with E-state index in [0.717, 1.165) is 0 Å². The van der Waals surface area contributed by atoms with Gasteiger partial charge in [0.25, 0.3) is 0 Å². The van der Waals surface area contributed by atoms with E-state index in [9.17, 15) is 41.0 Å². The van der Waals surface area contributed by atoms with Crippen molar-refractivity contribution in [1.29, 1.82) is 0 Å². The Labute approximate surface area is 278 Å². The van der Waals surface area contributed by atoms with E-state index in [1.165, 1.54) is 23.2 Å². The second kappa shape index (κ2) is 15.6. The zero-order chi connectivity index (χ0) is 35.9. The number of halogens is 6. The number of phenolic OH excluding ortho intramolecular Hbond substituents is 1. The van der Waals surface area contributed by atoms with Gasteiger partial charge in [-0.25, -0.2) is 14.8 Å². The third-order valence-corrected chi connectivity index (χ3v) is 7.69. The van der Waals surface area contributed by atoms with Crippen LogP contribution in [0.2, 0.25) is 0 Å². The highest BCUT2D eigenvalue weighted by Gasteiger charge is 2.38. The lowest BCUT2D eigenvalue weighted by Crippen LogP contribution is -2.46. The van der Waals surface area contributed by atoms with Gasteiger partial charge in [0.2, 0.25) is 5.95 Å². The van der Waals surface area contributed by atoms with Crippen LogP contribution in [-0.4, -0.2) is 53.0 Å². The Morgan fingerprint density at radius 3 is 2.27 bits per heavy atom. The molecule has 2 atom stereocenters. The highest BCUT2D eigenvalue weighted by atomic mass is 19.4. The van der Waals surface area contributed by atoms with E-state index >= 15 is 0 Å².